The molecule has 1 aliphatic carbocycles. The van der Waals surface area contributed by atoms with Gasteiger partial charge in [-0.2, -0.15) is 0 Å². The maximum Gasteiger partial charge on any atom is 0.148 e. The number of hydrogen-bond acceptors (Lipinski definition) is 4. The fraction of sp³-hybridized carbons (Fsp3) is 1.00. The highest BCUT2D eigenvalue weighted by atomic mass is 16.7. The zero-order chi connectivity index (χ0) is 9.86. The van der Waals surface area contributed by atoms with E-state index in [9.17, 15) is 0 Å². The monoisotopic (exact) mass is 200 g/mol. The van der Waals surface area contributed by atoms with Gasteiger partial charge < -0.3 is 10.1 Å². The maximum absolute atomic E-state index is 5.26. The van der Waals surface area contributed by atoms with E-state index in [0.717, 1.165) is 6.54 Å². The van der Waals surface area contributed by atoms with Crippen LogP contribution in [0.25, 0.3) is 0 Å². The summed E-state index contributed by atoms with van der Waals surface area (Å²) >= 11 is 0. The van der Waals surface area contributed by atoms with Gasteiger partial charge in [0, 0.05) is 12.6 Å². The highest BCUT2D eigenvalue weighted by molar-refractivity contribution is 4.90. The van der Waals surface area contributed by atoms with Crippen LogP contribution in [0, 0.1) is 0 Å². The minimum absolute atomic E-state index is 0.239. The molecule has 0 amide bonds. The average Bonchev–Trinajstić information content (AvgIpc) is 2.19. The molecule has 2 fully saturated rings. The largest absolute Gasteiger partial charge is 0.375 e. The van der Waals surface area contributed by atoms with Crippen molar-refractivity contribution >= 4 is 0 Å². The van der Waals surface area contributed by atoms with Crippen LogP contribution in [0.3, 0.4) is 0 Å². The third-order valence-electron chi connectivity index (χ3n) is 3.30. The molecule has 1 saturated carbocycles. The molecule has 3 N–H and O–H groups in total. The fourth-order valence-electron chi connectivity index (χ4n) is 2.18. The van der Waals surface area contributed by atoms with Crippen LogP contribution < -0.4 is 11.2 Å². The van der Waals surface area contributed by atoms with Gasteiger partial charge in [0.25, 0.3) is 0 Å². The molecule has 4 nitrogen and oxygen atoms in total. The van der Waals surface area contributed by atoms with E-state index in [2.05, 4.69) is 5.32 Å². The lowest BCUT2D eigenvalue weighted by Gasteiger charge is -2.40. The van der Waals surface area contributed by atoms with Crippen LogP contribution >= 0.6 is 0 Å². The Labute approximate surface area is 85.1 Å². The molecule has 0 radical (unpaired) electrons. The molecule has 0 bridgehead atoms. The van der Waals surface area contributed by atoms with Crippen molar-refractivity contribution in [2.24, 2.45) is 5.90 Å². The minimum atomic E-state index is -0.239. The van der Waals surface area contributed by atoms with Crippen molar-refractivity contribution in [3.8, 4) is 0 Å². The molecule has 2 aliphatic rings. The van der Waals surface area contributed by atoms with Crippen LogP contribution in [0.4, 0.5) is 0 Å². The third kappa shape index (κ3) is 2.25. The van der Waals surface area contributed by atoms with Crippen LogP contribution in [-0.2, 0) is 9.57 Å². The Balaban J connectivity index is 1.69. The van der Waals surface area contributed by atoms with E-state index in [1.54, 1.807) is 0 Å². The van der Waals surface area contributed by atoms with Crippen molar-refractivity contribution in [3.05, 3.63) is 0 Å². The number of rotatable bonds is 4. The maximum atomic E-state index is 5.26. The minimum Gasteiger partial charge on any atom is -0.375 e. The van der Waals surface area contributed by atoms with Gasteiger partial charge in [0.1, 0.15) is 5.60 Å². The van der Waals surface area contributed by atoms with Gasteiger partial charge in [-0.3, -0.25) is 4.84 Å². The van der Waals surface area contributed by atoms with Crippen LogP contribution in [0.2, 0.25) is 0 Å². The summed E-state index contributed by atoms with van der Waals surface area (Å²) in [4.78, 5) is 4.98. The predicted molar refractivity (Wildman–Crippen MR) is 53.7 cm³/mol. The first-order chi connectivity index (χ1) is 6.85. The first-order valence-electron chi connectivity index (χ1n) is 5.54. The highest BCUT2D eigenvalue weighted by Gasteiger charge is 2.39. The molecule has 0 aromatic carbocycles. The lowest BCUT2D eigenvalue weighted by atomic mass is 9.94. The Hall–Kier alpha value is -0.160. The van der Waals surface area contributed by atoms with Gasteiger partial charge in [-0.1, -0.05) is 19.3 Å². The van der Waals surface area contributed by atoms with Crippen molar-refractivity contribution in [2.45, 2.75) is 43.7 Å². The van der Waals surface area contributed by atoms with Crippen LogP contribution in [0.5, 0.6) is 0 Å². The Bertz CT molecular complexity index is 171. The van der Waals surface area contributed by atoms with Crippen molar-refractivity contribution in [1.82, 2.24) is 5.32 Å². The number of hydrogen-bond donors (Lipinski definition) is 2. The van der Waals surface area contributed by atoms with E-state index >= 15 is 0 Å². The molecular weight excluding hydrogens is 180 g/mol. The summed E-state index contributed by atoms with van der Waals surface area (Å²) in [5, 5.41) is 3.53. The standard InChI is InChI=1S/C10H20N2O2/c11-14-10(7-13-8-10)6-12-9-4-2-1-3-5-9/h9,12H,1-8,11H2. The summed E-state index contributed by atoms with van der Waals surface area (Å²) in [5.41, 5.74) is -0.239. The van der Waals surface area contributed by atoms with E-state index in [4.69, 9.17) is 15.5 Å². The van der Waals surface area contributed by atoms with E-state index in [0.29, 0.717) is 19.3 Å². The second kappa shape index (κ2) is 4.57. The lowest BCUT2D eigenvalue weighted by Crippen LogP contribution is -2.60. The van der Waals surface area contributed by atoms with Gasteiger partial charge in [0.2, 0.25) is 0 Å². The van der Waals surface area contributed by atoms with Gasteiger partial charge in [0.15, 0.2) is 0 Å². The molecule has 2 rings (SSSR count). The second-order valence-electron chi connectivity index (χ2n) is 4.51. The molecule has 1 saturated heterocycles. The zero-order valence-electron chi connectivity index (χ0n) is 8.63. The Morgan fingerprint density at radius 1 is 1.29 bits per heavy atom. The smallest absolute Gasteiger partial charge is 0.148 e. The van der Waals surface area contributed by atoms with Gasteiger partial charge in [-0.25, -0.2) is 5.90 Å². The normalized spacial score (nSPS) is 27.2. The van der Waals surface area contributed by atoms with Crippen LogP contribution in [0.1, 0.15) is 32.1 Å². The lowest BCUT2D eigenvalue weighted by molar-refractivity contribution is -0.209. The topological polar surface area (TPSA) is 56.5 Å². The van der Waals surface area contributed by atoms with Gasteiger partial charge in [-0.05, 0) is 12.8 Å². The summed E-state index contributed by atoms with van der Waals surface area (Å²) in [6, 6.07) is 0.663. The molecule has 0 unspecified atom stereocenters. The first kappa shape index (κ1) is 10.4. The van der Waals surface area contributed by atoms with Gasteiger partial charge in [0.05, 0.1) is 13.2 Å². The Morgan fingerprint density at radius 2 is 2.00 bits per heavy atom. The van der Waals surface area contributed by atoms with E-state index in [-0.39, 0.29) is 5.60 Å². The number of ether oxygens (including phenoxy) is 1. The second-order valence-corrected chi connectivity index (χ2v) is 4.51. The summed E-state index contributed by atoms with van der Waals surface area (Å²) in [5.74, 6) is 5.26. The summed E-state index contributed by atoms with van der Waals surface area (Å²) in [7, 11) is 0. The summed E-state index contributed by atoms with van der Waals surface area (Å²) in [6.07, 6.45) is 6.68. The first-order valence-corrected chi connectivity index (χ1v) is 5.54. The zero-order valence-corrected chi connectivity index (χ0v) is 8.63. The van der Waals surface area contributed by atoms with Crippen molar-refractivity contribution < 1.29 is 9.57 Å². The van der Waals surface area contributed by atoms with Crippen molar-refractivity contribution in [2.75, 3.05) is 19.8 Å². The molecular formula is C10H20N2O2. The highest BCUT2D eigenvalue weighted by Crippen LogP contribution is 2.21. The van der Waals surface area contributed by atoms with Gasteiger partial charge >= 0.3 is 0 Å². The number of nitrogens with one attached hydrogen (secondary N) is 1. The Kier molecular flexibility index (Phi) is 3.38. The predicted octanol–water partition coefficient (Wildman–Crippen LogP) is 0.568. The summed E-state index contributed by atoms with van der Waals surface area (Å²) < 4.78 is 5.12. The Morgan fingerprint density at radius 3 is 2.50 bits per heavy atom. The van der Waals surface area contributed by atoms with E-state index in [1.165, 1.54) is 32.1 Å². The SMILES string of the molecule is NOC1(CNC2CCCCC2)COC1. The third-order valence-corrected chi connectivity index (χ3v) is 3.30. The van der Waals surface area contributed by atoms with E-state index in [1.807, 2.05) is 0 Å². The molecule has 0 aromatic heterocycles. The van der Waals surface area contributed by atoms with Crippen LogP contribution in [-0.4, -0.2) is 31.4 Å². The summed E-state index contributed by atoms with van der Waals surface area (Å²) in [6.45, 7) is 2.08. The average molecular weight is 200 g/mol. The quantitative estimate of drug-likeness (QED) is 0.651. The molecule has 1 aliphatic heterocycles. The fourth-order valence-corrected chi connectivity index (χ4v) is 2.18. The molecule has 1 heterocycles. The molecule has 4 heteroatoms. The molecule has 14 heavy (non-hydrogen) atoms. The molecule has 0 spiro atoms. The van der Waals surface area contributed by atoms with Crippen LogP contribution in [0.15, 0.2) is 0 Å². The molecule has 0 atom stereocenters. The van der Waals surface area contributed by atoms with Gasteiger partial charge in [-0.15, -0.1) is 0 Å². The molecule has 0 aromatic rings. The van der Waals surface area contributed by atoms with Crippen molar-refractivity contribution in [1.29, 1.82) is 0 Å². The van der Waals surface area contributed by atoms with E-state index < -0.39 is 0 Å². The number of nitrogens with two attached hydrogens (primary N) is 1. The molecule has 82 valence electrons. The van der Waals surface area contributed by atoms with Crippen molar-refractivity contribution in [3.63, 3.8) is 0 Å².